The molecule has 1 aliphatic carbocycles. The first-order valence-corrected chi connectivity index (χ1v) is 17.7. The van der Waals surface area contributed by atoms with E-state index in [0.717, 1.165) is 11.1 Å². The number of esters is 1. The Kier molecular flexibility index (Phi) is 10.5. The number of para-hydroxylation sites is 1. The molecule has 2 aromatic carbocycles. The lowest BCUT2D eigenvalue weighted by atomic mass is 9.81. The van der Waals surface area contributed by atoms with E-state index < -0.39 is 31.4 Å². The molecule has 1 fully saturated rings. The number of carbonyl (C=O) groups is 3. The van der Waals surface area contributed by atoms with Crippen LogP contribution in [-0.4, -0.2) is 76.1 Å². The number of benzene rings is 2. The van der Waals surface area contributed by atoms with Crippen molar-refractivity contribution < 1.29 is 33.3 Å². The van der Waals surface area contributed by atoms with Crippen molar-refractivity contribution in [3.8, 4) is 5.75 Å². The van der Waals surface area contributed by atoms with Crippen LogP contribution < -0.4 is 20.2 Å². The number of hydrogen-bond acceptors (Lipinski definition) is 8. The summed E-state index contributed by atoms with van der Waals surface area (Å²) in [5.74, 6) is -2.53. The minimum atomic E-state index is -3.75. The molecule has 2 amide bonds. The van der Waals surface area contributed by atoms with Crippen molar-refractivity contribution in [1.29, 1.82) is 0 Å². The first kappa shape index (κ1) is 33.9. The zero-order chi connectivity index (χ0) is 33.7. The monoisotopic (exact) mass is 660 g/mol. The van der Waals surface area contributed by atoms with E-state index in [-0.39, 0.29) is 55.3 Å². The molecule has 11 nitrogen and oxygen atoms in total. The van der Waals surface area contributed by atoms with E-state index in [1.165, 1.54) is 6.20 Å². The number of amides is 2. The summed E-state index contributed by atoms with van der Waals surface area (Å²) in [6.07, 6.45) is 1.41. The van der Waals surface area contributed by atoms with E-state index in [4.69, 9.17) is 9.26 Å². The number of ether oxygens (including phenoxy) is 1. The number of carbonyl (C=O) groups excluding carboxylic acids is 3. The van der Waals surface area contributed by atoms with Crippen LogP contribution >= 0.6 is 7.52 Å². The minimum Gasteiger partial charge on any atom is -0.509 e. The molecule has 12 heteroatoms. The molecule has 0 radical (unpaired) electrons. The van der Waals surface area contributed by atoms with Crippen LogP contribution in [0.25, 0.3) is 11.3 Å². The van der Waals surface area contributed by atoms with Gasteiger partial charge in [0.05, 0.1) is 12.8 Å². The van der Waals surface area contributed by atoms with E-state index in [1.807, 2.05) is 38.1 Å². The van der Waals surface area contributed by atoms with Crippen LogP contribution in [0.2, 0.25) is 0 Å². The van der Waals surface area contributed by atoms with Crippen molar-refractivity contribution in [2.24, 2.45) is 11.8 Å². The zero-order valence-corrected chi connectivity index (χ0v) is 28.0. The molecule has 5 rings (SSSR count). The lowest BCUT2D eigenvalue weighted by molar-refractivity contribution is -0.144. The predicted octanol–water partition coefficient (Wildman–Crippen LogP) is 3.16. The van der Waals surface area contributed by atoms with Crippen LogP contribution in [-0.2, 0) is 30.2 Å². The Labute approximate surface area is 274 Å². The summed E-state index contributed by atoms with van der Waals surface area (Å²) in [6, 6.07) is 19.0. The molecule has 2 N–H and O–H groups in total. The van der Waals surface area contributed by atoms with Crippen LogP contribution in [0.1, 0.15) is 31.9 Å². The van der Waals surface area contributed by atoms with Gasteiger partial charge in [-0.1, -0.05) is 54.1 Å². The average Bonchev–Trinajstić information content (AvgIpc) is 3.38. The lowest BCUT2D eigenvalue weighted by Gasteiger charge is -2.30. The second kappa shape index (κ2) is 14.5. The number of likely N-dealkylation sites (tertiary alicyclic amines) is 1. The number of pyridine rings is 1. The smallest absolute Gasteiger partial charge is 0.323 e. The van der Waals surface area contributed by atoms with E-state index in [9.17, 15) is 24.1 Å². The second-order valence-electron chi connectivity index (χ2n) is 11.8. The van der Waals surface area contributed by atoms with Crippen molar-refractivity contribution >= 4 is 36.6 Å². The number of aryl methyl sites for hydroxylation is 1. The summed E-state index contributed by atoms with van der Waals surface area (Å²) >= 11 is 0. The molecule has 248 valence electrons. The van der Waals surface area contributed by atoms with Crippen molar-refractivity contribution in [2.45, 2.75) is 40.3 Å². The maximum atomic E-state index is 14.5. The molecule has 0 bridgehead atoms. The largest absolute Gasteiger partial charge is 0.509 e. The molecule has 3 unspecified atom stereocenters. The molecular weight excluding hydrogens is 619 g/mol. The van der Waals surface area contributed by atoms with Gasteiger partial charge >= 0.3 is 13.5 Å². The third kappa shape index (κ3) is 7.42. The Bertz CT molecular complexity index is 1800. The van der Waals surface area contributed by atoms with Gasteiger partial charge in [0.25, 0.3) is 5.91 Å². The summed E-state index contributed by atoms with van der Waals surface area (Å²) in [4.78, 5) is 48.2. The Morgan fingerprint density at radius 3 is 2.51 bits per heavy atom. The van der Waals surface area contributed by atoms with E-state index in [0.29, 0.717) is 23.1 Å². The number of aliphatic hydroxyl groups is 1. The molecule has 0 spiro atoms. The highest BCUT2D eigenvalue weighted by Crippen LogP contribution is 2.44. The maximum absolute atomic E-state index is 14.5. The van der Waals surface area contributed by atoms with Gasteiger partial charge in [-0.05, 0) is 51.5 Å². The number of nitrogens with zero attached hydrogens (tertiary/aromatic N) is 3. The van der Waals surface area contributed by atoms with Gasteiger partial charge in [0.2, 0.25) is 5.91 Å². The van der Waals surface area contributed by atoms with E-state index in [1.54, 1.807) is 66.1 Å². The molecule has 0 saturated carbocycles. The number of nitrogens with one attached hydrogen (secondary N) is 1. The normalized spacial score (nSPS) is 19.0. The topological polar surface area (TPSA) is 138 Å². The maximum Gasteiger partial charge on any atom is 0.323 e. The van der Waals surface area contributed by atoms with Gasteiger partial charge < -0.3 is 24.2 Å². The quantitative estimate of drug-likeness (QED) is 0.209. The van der Waals surface area contributed by atoms with Crippen molar-refractivity contribution in [1.82, 2.24) is 19.9 Å². The van der Waals surface area contributed by atoms with E-state index in [2.05, 4.69) is 10.1 Å². The van der Waals surface area contributed by atoms with E-state index >= 15 is 0 Å². The highest BCUT2D eigenvalue weighted by molar-refractivity contribution is 7.57. The first-order valence-electron chi connectivity index (χ1n) is 15.8. The van der Waals surface area contributed by atoms with Crippen molar-refractivity contribution in [3.05, 3.63) is 94.6 Å². The fourth-order valence-corrected chi connectivity index (χ4v) is 8.04. The SMILES string of the molecule is CCOC(=O)[C@H](C)NP(=O)(CCN(CC)C(=O)C1=c2cccnc2=C(O)C2C(=O)N(Cc3ccc(C)cc3)CC12)Oc1ccccc1. The van der Waals surface area contributed by atoms with Crippen LogP contribution in [0.15, 0.2) is 72.9 Å². The standard InChI is InChI=1S/C35H41N4O7P/c1-5-38(19-20-47(44,37-24(4)35(43)45-6-2)46-26-11-8-7-9-12-26)33(41)29-27-13-10-18-36-31(27)32(40)30-28(29)22-39(34(30)42)21-25-16-14-23(3)15-17-25/h7-18,24,28,30,40H,5-6,19-22H2,1-4H3,(H,37,44)/t24-,28?,30?,47?/m0/s1. The summed E-state index contributed by atoms with van der Waals surface area (Å²) in [7, 11) is -3.75. The molecule has 1 aliphatic heterocycles. The summed E-state index contributed by atoms with van der Waals surface area (Å²) < 4.78 is 25.3. The third-order valence-corrected chi connectivity index (χ3v) is 10.6. The molecular formula is C35H41N4O7P. The Morgan fingerprint density at radius 1 is 1.11 bits per heavy atom. The summed E-state index contributed by atoms with van der Waals surface area (Å²) in [5, 5.41) is 14.8. The Hall–Kier alpha value is -4.47. The molecule has 47 heavy (non-hydrogen) atoms. The second-order valence-corrected chi connectivity index (χ2v) is 14.0. The van der Waals surface area contributed by atoms with Gasteiger partial charge in [-0.25, -0.2) is 5.09 Å². The molecule has 4 atom stereocenters. The average molecular weight is 661 g/mol. The van der Waals surface area contributed by atoms with Gasteiger partial charge in [0.15, 0.2) is 0 Å². The van der Waals surface area contributed by atoms with Crippen molar-refractivity contribution in [2.75, 3.05) is 32.4 Å². The van der Waals surface area contributed by atoms with Gasteiger partial charge in [-0.15, -0.1) is 0 Å². The Morgan fingerprint density at radius 2 is 1.83 bits per heavy atom. The van der Waals surface area contributed by atoms with Gasteiger partial charge in [0, 0.05) is 49.1 Å². The van der Waals surface area contributed by atoms with Crippen LogP contribution in [0.3, 0.4) is 0 Å². The molecule has 2 heterocycles. The van der Waals surface area contributed by atoms with Crippen LogP contribution in [0.4, 0.5) is 0 Å². The molecule has 1 saturated heterocycles. The zero-order valence-electron chi connectivity index (χ0n) is 27.1. The van der Waals surface area contributed by atoms with Crippen LogP contribution in [0, 0.1) is 18.8 Å². The predicted molar refractivity (Wildman–Crippen MR) is 178 cm³/mol. The molecule has 3 aromatic rings. The van der Waals surface area contributed by atoms with Crippen LogP contribution in [0.5, 0.6) is 5.75 Å². The number of hydrogen-bond donors (Lipinski definition) is 2. The van der Waals surface area contributed by atoms with Gasteiger partial charge in [0.1, 0.15) is 28.8 Å². The van der Waals surface area contributed by atoms with Gasteiger partial charge in [-0.3, -0.25) is 23.9 Å². The fourth-order valence-electron chi connectivity index (χ4n) is 6.10. The number of aromatic nitrogens is 1. The number of rotatable bonds is 13. The number of fused-ring (bicyclic) bond motifs is 2. The van der Waals surface area contributed by atoms with Crippen molar-refractivity contribution in [3.63, 3.8) is 0 Å². The lowest BCUT2D eigenvalue weighted by Crippen LogP contribution is -2.48. The van der Waals surface area contributed by atoms with Gasteiger partial charge in [-0.2, -0.15) is 0 Å². The summed E-state index contributed by atoms with van der Waals surface area (Å²) in [6.45, 7) is 8.08. The first-order chi connectivity index (χ1) is 22.5. The Balaban J connectivity index is 1.44. The third-order valence-electron chi connectivity index (χ3n) is 8.49. The summed E-state index contributed by atoms with van der Waals surface area (Å²) in [5.41, 5.74) is 2.43. The number of aliphatic hydroxyl groups excluding tert-OH is 1. The highest BCUT2D eigenvalue weighted by Gasteiger charge is 2.49. The fraction of sp³-hybridized carbons (Fsp3) is 0.371. The minimum absolute atomic E-state index is 0.0230. The molecule has 1 aromatic heterocycles. The molecule has 2 aliphatic rings. The highest BCUT2D eigenvalue weighted by atomic mass is 31.2.